The molecule has 0 saturated carbocycles. The zero-order valence-corrected chi connectivity index (χ0v) is 11.6. The van der Waals surface area contributed by atoms with Crippen molar-refractivity contribution in [3.05, 3.63) is 34.9 Å². The third-order valence-electron chi connectivity index (χ3n) is 3.85. The highest BCUT2D eigenvalue weighted by molar-refractivity contribution is 6.05. The Morgan fingerprint density at radius 2 is 2.09 bits per heavy atom. The van der Waals surface area contributed by atoms with Crippen molar-refractivity contribution in [3.63, 3.8) is 0 Å². The van der Waals surface area contributed by atoms with Crippen LogP contribution in [0, 0.1) is 11.8 Å². The number of carbonyl (C=O) groups excluding carboxylic acids is 4. The predicted octanol–water partition coefficient (Wildman–Crippen LogP) is -0.00200. The first kappa shape index (κ1) is 14.0. The summed E-state index contributed by atoms with van der Waals surface area (Å²) in [6, 6.07) is 4.45. The molecule has 110 valence electrons. The number of nitrogens with zero attached hydrogens (tertiary/aromatic N) is 1. The van der Waals surface area contributed by atoms with Gasteiger partial charge in [0.1, 0.15) is 6.04 Å². The number of piperidine rings is 1. The van der Waals surface area contributed by atoms with Crippen LogP contribution in [0.5, 0.6) is 0 Å². The van der Waals surface area contributed by atoms with Gasteiger partial charge in [-0.15, -0.1) is 0 Å². The number of aldehydes is 1. The first-order chi connectivity index (χ1) is 10.6. The van der Waals surface area contributed by atoms with Crippen molar-refractivity contribution in [2.75, 3.05) is 0 Å². The summed E-state index contributed by atoms with van der Waals surface area (Å²) in [5.74, 6) is 4.03. The normalized spacial score (nSPS) is 20.1. The van der Waals surface area contributed by atoms with Crippen molar-refractivity contribution in [2.45, 2.75) is 25.4 Å². The van der Waals surface area contributed by atoms with Crippen molar-refractivity contribution in [3.8, 4) is 11.8 Å². The molecular weight excluding hydrogens is 284 g/mol. The van der Waals surface area contributed by atoms with E-state index in [-0.39, 0.29) is 24.8 Å². The summed E-state index contributed by atoms with van der Waals surface area (Å²) < 4.78 is 0. The lowest BCUT2D eigenvalue weighted by Crippen LogP contribution is -2.52. The summed E-state index contributed by atoms with van der Waals surface area (Å²) in [4.78, 5) is 47.5. The molecule has 1 aromatic carbocycles. The van der Waals surface area contributed by atoms with Gasteiger partial charge in [0, 0.05) is 24.1 Å². The molecule has 3 amide bonds. The molecule has 6 heteroatoms. The van der Waals surface area contributed by atoms with E-state index >= 15 is 0 Å². The van der Waals surface area contributed by atoms with Gasteiger partial charge in [-0.2, -0.15) is 0 Å². The quantitative estimate of drug-likeness (QED) is 0.449. The molecule has 0 bridgehead atoms. The molecule has 0 spiro atoms. The van der Waals surface area contributed by atoms with Crippen LogP contribution in [0.4, 0.5) is 0 Å². The first-order valence-electron chi connectivity index (χ1n) is 6.83. The minimum absolute atomic E-state index is 0.217. The lowest BCUT2D eigenvalue weighted by Gasteiger charge is -2.29. The Labute approximate surface area is 126 Å². The second-order valence-electron chi connectivity index (χ2n) is 5.12. The number of imide groups is 1. The van der Waals surface area contributed by atoms with E-state index in [9.17, 15) is 19.2 Å². The molecule has 1 fully saturated rings. The van der Waals surface area contributed by atoms with Gasteiger partial charge in [0.25, 0.3) is 5.91 Å². The fraction of sp³-hybridized carbons (Fsp3) is 0.250. The smallest absolute Gasteiger partial charge is 0.255 e. The van der Waals surface area contributed by atoms with Crippen LogP contribution in [0.2, 0.25) is 0 Å². The highest BCUT2D eigenvalue weighted by atomic mass is 16.2. The van der Waals surface area contributed by atoms with Gasteiger partial charge in [-0.25, -0.2) is 0 Å². The van der Waals surface area contributed by atoms with Gasteiger partial charge in [-0.05, 0) is 30.0 Å². The Morgan fingerprint density at radius 1 is 1.27 bits per heavy atom. The standard InChI is InChI=1S/C16H12N2O4/c19-8-2-4-10-3-1-5-11-12(10)9-18(16(11)22)13-6-7-14(20)17-15(13)21/h1,3,5,8,13H,6-7,9H2,(H,17,20,21). The van der Waals surface area contributed by atoms with Crippen molar-refractivity contribution >= 4 is 24.0 Å². The van der Waals surface area contributed by atoms with Crippen LogP contribution in [0.25, 0.3) is 0 Å². The molecule has 1 atom stereocenters. The third-order valence-corrected chi connectivity index (χ3v) is 3.85. The molecule has 1 N–H and O–H groups in total. The molecule has 22 heavy (non-hydrogen) atoms. The molecular formula is C16H12N2O4. The maximum Gasteiger partial charge on any atom is 0.255 e. The van der Waals surface area contributed by atoms with Gasteiger partial charge in [0.2, 0.25) is 11.8 Å². The first-order valence-corrected chi connectivity index (χ1v) is 6.83. The largest absolute Gasteiger partial charge is 0.322 e. The summed E-state index contributed by atoms with van der Waals surface area (Å²) in [6.07, 6.45) is 1.03. The third kappa shape index (κ3) is 2.27. The molecule has 0 radical (unpaired) electrons. The van der Waals surface area contributed by atoms with Crippen molar-refractivity contribution < 1.29 is 19.2 Å². The van der Waals surface area contributed by atoms with Crippen molar-refractivity contribution in [2.24, 2.45) is 0 Å². The van der Waals surface area contributed by atoms with E-state index in [0.717, 1.165) is 0 Å². The number of fused-ring (bicyclic) bond motifs is 1. The molecule has 1 saturated heterocycles. The lowest BCUT2D eigenvalue weighted by molar-refractivity contribution is -0.136. The van der Waals surface area contributed by atoms with Crippen molar-refractivity contribution in [1.29, 1.82) is 0 Å². The molecule has 2 heterocycles. The van der Waals surface area contributed by atoms with Crippen LogP contribution < -0.4 is 5.32 Å². The molecule has 0 aromatic heterocycles. The van der Waals surface area contributed by atoms with Crippen LogP contribution in [0.15, 0.2) is 18.2 Å². The lowest BCUT2D eigenvalue weighted by atomic mass is 10.0. The van der Waals surface area contributed by atoms with Gasteiger partial charge >= 0.3 is 0 Å². The van der Waals surface area contributed by atoms with Gasteiger partial charge in [0.05, 0.1) is 0 Å². The minimum atomic E-state index is -0.649. The maximum atomic E-state index is 12.5. The number of rotatable bonds is 1. The van der Waals surface area contributed by atoms with Crippen LogP contribution in [0.1, 0.15) is 34.3 Å². The van der Waals surface area contributed by atoms with Gasteiger partial charge in [-0.1, -0.05) is 12.0 Å². The SMILES string of the molecule is O=CC#Cc1cccc2c1CN(C1CCC(=O)NC1=O)C2=O. The van der Waals surface area contributed by atoms with Gasteiger partial charge in [0.15, 0.2) is 6.29 Å². The van der Waals surface area contributed by atoms with E-state index in [0.29, 0.717) is 29.4 Å². The Balaban J connectivity index is 1.92. The Bertz CT molecular complexity index is 757. The van der Waals surface area contributed by atoms with E-state index < -0.39 is 11.9 Å². The molecule has 0 aliphatic carbocycles. The molecule has 2 aliphatic heterocycles. The topological polar surface area (TPSA) is 83.6 Å². The van der Waals surface area contributed by atoms with E-state index in [4.69, 9.17) is 0 Å². The summed E-state index contributed by atoms with van der Waals surface area (Å²) in [6.45, 7) is 0.254. The number of hydrogen-bond acceptors (Lipinski definition) is 4. The van der Waals surface area contributed by atoms with E-state index in [1.165, 1.54) is 4.90 Å². The van der Waals surface area contributed by atoms with E-state index in [1.807, 2.05) is 0 Å². The van der Waals surface area contributed by atoms with Crippen LogP contribution in [-0.2, 0) is 20.9 Å². The fourth-order valence-corrected chi connectivity index (χ4v) is 2.81. The van der Waals surface area contributed by atoms with Gasteiger partial charge < -0.3 is 4.90 Å². The zero-order valence-electron chi connectivity index (χ0n) is 11.6. The number of hydrogen-bond donors (Lipinski definition) is 1. The fourth-order valence-electron chi connectivity index (χ4n) is 2.81. The number of nitrogens with one attached hydrogen (secondary N) is 1. The second-order valence-corrected chi connectivity index (χ2v) is 5.12. The average Bonchev–Trinajstić information content (AvgIpc) is 2.83. The molecule has 2 aliphatic rings. The second kappa shape index (κ2) is 5.45. The molecule has 1 unspecified atom stereocenters. The van der Waals surface area contributed by atoms with E-state index in [2.05, 4.69) is 17.2 Å². The zero-order chi connectivity index (χ0) is 15.7. The molecule has 3 rings (SSSR count). The van der Waals surface area contributed by atoms with Crippen LogP contribution >= 0.6 is 0 Å². The van der Waals surface area contributed by atoms with Crippen LogP contribution in [-0.4, -0.2) is 34.9 Å². The number of carbonyl (C=O) groups is 4. The van der Waals surface area contributed by atoms with E-state index in [1.54, 1.807) is 18.2 Å². The minimum Gasteiger partial charge on any atom is -0.322 e. The Hall–Kier alpha value is -2.94. The van der Waals surface area contributed by atoms with Crippen molar-refractivity contribution in [1.82, 2.24) is 10.2 Å². The highest BCUT2D eigenvalue weighted by Gasteiger charge is 2.39. The summed E-state index contributed by atoms with van der Waals surface area (Å²) in [5, 5.41) is 2.26. The maximum absolute atomic E-state index is 12.5. The predicted molar refractivity (Wildman–Crippen MR) is 75.4 cm³/mol. The Morgan fingerprint density at radius 3 is 2.82 bits per heavy atom. The Kier molecular flexibility index (Phi) is 3.47. The average molecular weight is 296 g/mol. The summed E-state index contributed by atoms with van der Waals surface area (Å²) in [5.41, 5.74) is 1.81. The summed E-state index contributed by atoms with van der Waals surface area (Å²) in [7, 11) is 0. The van der Waals surface area contributed by atoms with Crippen LogP contribution in [0.3, 0.4) is 0 Å². The number of benzene rings is 1. The summed E-state index contributed by atoms with van der Waals surface area (Å²) >= 11 is 0. The number of amides is 3. The monoisotopic (exact) mass is 296 g/mol. The highest BCUT2D eigenvalue weighted by Crippen LogP contribution is 2.29. The molecule has 1 aromatic rings. The van der Waals surface area contributed by atoms with Gasteiger partial charge in [-0.3, -0.25) is 24.5 Å². The molecule has 6 nitrogen and oxygen atoms in total.